The molecule has 7 rings (SSSR count). The number of carboxylic acids is 1. The summed E-state index contributed by atoms with van der Waals surface area (Å²) in [4.78, 5) is 70.5. The van der Waals surface area contributed by atoms with Crippen LogP contribution in [0.2, 0.25) is 0 Å². The van der Waals surface area contributed by atoms with Crippen LogP contribution in [0.4, 0.5) is 9.59 Å². The molecule has 0 spiro atoms. The number of carboxylic acid groups (broad SMARTS) is 1. The van der Waals surface area contributed by atoms with Crippen molar-refractivity contribution in [3.05, 3.63) is 72.6 Å². The first kappa shape index (κ1) is 36.6. The molecule has 3 aliphatic heterocycles. The fraction of sp³-hybridized carbons (Fsp3) is 0.421. The number of aromatic amines is 2. The molecule has 1 unspecified atom stereocenters. The number of methoxy groups -OCH3 is 1. The summed E-state index contributed by atoms with van der Waals surface area (Å²) >= 11 is 0. The predicted molar refractivity (Wildman–Crippen MR) is 194 cm³/mol. The highest BCUT2D eigenvalue weighted by Gasteiger charge is 2.51. The molecule has 0 radical (unpaired) electrons. The number of aliphatic hydroxyl groups excluding tert-OH is 1. The van der Waals surface area contributed by atoms with Crippen LogP contribution in [-0.2, 0) is 14.3 Å². The molecule has 0 saturated carbocycles. The molecule has 16 heteroatoms. The molecule has 3 aliphatic rings. The molecule has 16 nitrogen and oxygen atoms in total. The van der Waals surface area contributed by atoms with Gasteiger partial charge in [-0.1, -0.05) is 48.5 Å². The second-order valence-electron chi connectivity index (χ2n) is 14.1. The van der Waals surface area contributed by atoms with E-state index in [1.54, 1.807) is 22.2 Å². The number of carbonyl (C=O) groups is 4. The van der Waals surface area contributed by atoms with E-state index in [0.29, 0.717) is 44.0 Å². The van der Waals surface area contributed by atoms with Gasteiger partial charge in [0.05, 0.1) is 49.1 Å². The van der Waals surface area contributed by atoms with Crippen molar-refractivity contribution < 1.29 is 39.2 Å². The molecule has 6 N–H and O–H groups in total. The van der Waals surface area contributed by atoms with E-state index in [9.17, 15) is 34.5 Å². The Hall–Kier alpha value is -5.74. The number of carbonyl (C=O) groups excluding carboxylic acids is 3. The average Bonchev–Trinajstić information content (AvgIpc) is 4.03. The number of hydrogen-bond donors (Lipinski definition) is 6. The van der Waals surface area contributed by atoms with Crippen LogP contribution >= 0.6 is 0 Å². The number of hydrogen-bond acceptors (Lipinski definition) is 9. The van der Waals surface area contributed by atoms with Crippen molar-refractivity contribution in [1.29, 1.82) is 0 Å². The SMILES string of the molecule is COC(=O)N[C@H](C(=O)N1CCC[C@H]1c1ncc(-c2ccc(-c3ccc(-c4cnc([C@@H]5CCCN5C(=O)N5CCCC5(O)C(=O)O)[nH]4)cc3)cc2)[nH]1)[C@H](C)O. The van der Waals surface area contributed by atoms with Crippen LogP contribution in [0.25, 0.3) is 33.6 Å². The highest BCUT2D eigenvalue weighted by Crippen LogP contribution is 2.37. The van der Waals surface area contributed by atoms with Gasteiger partial charge in [-0.25, -0.2) is 24.4 Å². The van der Waals surface area contributed by atoms with Crippen molar-refractivity contribution in [1.82, 2.24) is 40.0 Å². The van der Waals surface area contributed by atoms with E-state index in [-0.39, 0.29) is 25.0 Å². The van der Waals surface area contributed by atoms with Gasteiger partial charge in [-0.3, -0.25) is 9.69 Å². The number of alkyl carbamates (subject to hydrolysis) is 1. The Labute approximate surface area is 311 Å². The molecule has 5 heterocycles. The maximum absolute atomic E-state index is 13.4. The van der Waals surface area contributed by atoms with Crippen LogP contribution in [0.3, 0.4) is 0 Å². The highest BCUT2D eigenvalue weighted by atomic mass is 16.5. The molecule has 4 amide bonds. The number of rotatable bonds is 9. The number of likely N-dealkylation sites (tertiary alicyclic amines) is 3. The van der Waals surface area contributed by atoms with Crippen LogP contribution in [0.1, 0.15) is 69.2 Å². The smallest absolute Gasteiger partial charge is 0.407 e. The molecule has 4 aromatic rings. The monoisotopic (exact) mass is 740 g/mol. The average molecular weight is 741 g/mol. The molecule has 3 saturated heterocycles. The number of imidazole rings is 2. The predicted octanol–water partition coefficient (Wildman–Crippen LogP) is 4.03. The molecule has 0 aliphatic carbocycles. The standard InChI is InChI=1S/C38H44N8O8/c1-22(47)31(43-36(51)54-2)34(48)44-17-3-6-29(44)32-39-20-27(41-32)25-12-8-23(9-13-25)24-10-14-26(15-11-24)28-21-40-33(42-28)30-7-4-18-45(30)37(52)46-19-5-16-38(46,53)35(49)50/h8-15,20-22,29-31,47,53H,3-7,16-19H2,1-2H3,(H,39,41)(H,40,42)(H,43,51)(H,49,50)/t22-,29-,30-,31-,38?/m0/s1. The fourth-order valence-electron chi connectivity index (χ4n) is 7.77. The van der Waals surface area contributed by atoms with E-state index in [2.05, 4.69) is 30.0 Å². The Morgan fingerprint density at radius 2 is 1.31 bits per heavy atom. The summed E-state index contributed by atoms with van der Waals surface area (Å²) in [5, 5.41) is 32.9. The lowest BCUT2D eigenvalue weighted by molar-refractivity contribution is -0.172. The van der Waals surface area contributed by atoms with Gasteiger partial charge in [-0.15, -0.1) is 0 Å². The van der Waals surface area contributed by atoms with E-state index in [1.165, 1.54) is 14.0 Å². The summed E-state index contributed by atoms with van der Waals surface area (Å²) in [7, 11) is 1.20. The molecular weight excluding hydrogens is 696 g/mol. The lowest BCUT2D eigenvalue weighted by Crippen LogP contribution is -2.56. The molecule has 284 valence electrons. The highest BCUT2D eigenvalue weighted by molar-refractivity contribution is 5.87. The van der Waals surface area contributed by atoms with Gasteiger partial charge in [-0.05, 0) is 61.3 Å². The third kappa shape index (κ3) is 6.89. The number of aliphatic carboxylic acids is 1. The summed E-state index contributed by atoms with van der Waals surface area (Å²) in [6.45, 7) is 2.55. The van der Waals surface area contributed by atoms with E-state index in [0.717, 1.165) is 51.4 Å². The largest absolute Gasteiger partial charge is 0.478 e. The van der Waals surface area contributed by atoms with E-state index >= 15 is 0 Å². The number of aliphatic hydroxyl groups is 2. The van der Waals surface area contributed by atoms with Gasteiger partial charge in [0.1, 0.15) is 17.7 Å². The van der Waals surface area contributed by atoms with Gasteiger partial charge in [0, 0.05) is 26.1 Å². The Morgan fingerprint density at radius 1 is 0.815 bits per heavy atom. The molecule has 2 aromatic carbocycles. The van der Waals surface area contributed by atoms with Crippen molar-refractivity contribution >= 4 is 24.0 Å². The third-order valence-corrected chi connectivity index (χ3v) is 10.7. The van der Waals surface area contributed by atoms with Gasteiger partial charge in [-0.2, -0.15) is 0 Å². The van der Waals surface area contributed by atoms with E-state index in [4.69, 9.17) is 0 Å². The number of ether oxygens (including phenoxy) is 1. The molecule has 5 atom stereocenters. The second-order valence-corrected chi connectivity index (χ2v) is 14.1. The van der Waals surface area contributed by atoms with Crippen molar-refractivity contribution in [3.63, 3.8) is 0 Å². The summed E-state index contributed by atoms with van der Waals surface area (Å²) in [5.74, 6) is -0.575. The lowest BCUT2D eigenvalue weighted by atomic mass is 10.0. The summed E-state index contributed by atoms with van der Waals surface area (Å²) < 4.78 is 4.63. The maximum atomic E-state index is 13.4. The van der Waals surface area contributed by atoms with Gasteiger partial charge in [0.25, 0.3) is 0 Å². The van der Waals surface area contributed by atoms with Crippen LogP contribution < -0.4 is 5.32 Å². The quantitative estimate of drug-likeness (QED) is 0.145. The van der Waals surface area contributed by atoms with Gasteiger partial charge in [0.2, 0.25) is 11.6 Å². The summed E-state index contributed by atoms with van der Waals surface area (Å²) in [6.07, 6.45) is 4.84. The van der Waals surface area contributed by atoms with E-state index in [1.807, 2.05) is 48.5 Å². The summed E-state index contributed by atoms with van der Waals surface area (Å²) in [5.41, 5.74) is 3.23. The fourth-order valence-corrected chi connectivity index (χ4v) is 7.77. The van der Waals surface area contributed by atoms with Crippen LogP contribution in [0.15, 0.2) is 60.9 Å². The second kappa shape index (κ2) is 14.9. The minimum absolute atomic E-state index is 0.000337. The van der Waals surface area contributed by atoms with Gasteiger partial charge < -0.3 is 45.1 Å². The number of urea groups is 1. The lowest BCUT2D eigenvalue weighted by Gasteiger charge is -2.34. The van der Waals surface area contributed by atoms with Crippen molar-refractivity contribution in [2.24, 2.45) is 0 Å². The number of nitrogens with one attached hydrogen (secondary N) is 3. The number of aromatic nitrogens is 4. The zero-order chi connectivity index (χ0) is 38.1. The number of amides is 4. The van der Waals surface area contributed by atoms with Gasteiger partial charge >= 0.3 is 18.1 Å². The first-order valence-electron chi connectivity index (χ1n) is 18.2. The maximum Gasteiger partial charge on any atom is 0.407 e. The Kier molecular flexibility index (Phi) is 10.1. The van der Waals surface area contributed by atoms with Crippen molar-refractivity contribution in [2.45, 2.75) is 75.4 Å². The topological polar surface area (TPSA) is 217 Å². The minimum atomic E-state index is -2.19. The Balaban J connectivity index is 1.00. The molecule has 3 fully saturated rings. The van der Waals surface area contributed by atoms with Crippen molar-refractivity contribution in [2.75, 3.05) is 26.7 Å². The first-order chi connectivity index (χ1) is 26.0. The van der Waals surface area contributed by atoms with E-state index < -0.39 is 41.9 Å². The first-order valence-corrected chi connectivity index (χ1v) is 18.2. The van der Waals surface area contributed by atoms with Crippen LogP contribution in [0, 0.1) is 0 Å². The number of H-pyrrole nitrogens is 2. The third-order valence-electron chi connectivity index (χ3n) is 10.7. The number of nitrogens with zero attached hydrogens (tertiary/aromatic N) is 5. The van der Waals surface area contributed by atoms with Crippen LogP contribution in [0.5, 0.6) is 0 Å². The zero-order valence-electron chi connectivity index (χ0n) is 30.1. The molecule has 2 aromatic heterocycles. The zero-order valence-corrected chi connectivity index (χ0v) is 30.1. The minimum Gasteiger partial charge on any atom is -0.478 e. The molecule has 54 heavy (non-hydrogen) atoms. The summed E-state index contributed by atoms with van der Waals surface area (Å²) in [6, 6.07) is 13.7. The number of benzene rings is 2. The normalized spacial score (nSPS) is 22.3. The Bertz CT molecular complexity index is 2010. The Morgan fingerprint density at radius 3 is 1.81 bits per heavy atom. The molecular formula is C38H44N8O8. The molecule has 0 bridgehead atoms. The van der Waals surface area contributed by atoms with Crippen LogP contribution in [-0.4, -0.2) is 119 Å². The van der Waals surface area contributed by atoms with Crippen molar-refractivity contribution in [3.8, 4) is 33.6 Å². The van der Waals surface area contributed by atoms with Gasteiger partial charge in [0.15, 0.2) is 0 Å².